The van der Waals surface area contributed by atoms with E-state index in [0.29, 0.717) is 6.04 Å². The minimum Gasteiger partial charge on any atom is -0.314 e. The van der Waals surface area contributed by atoms with Crippen LogP contribution in [0.1, 0.15) is 61.0 Å². The van der Waals surface area contributed by atoms with Gasteiger partial charge in [0.25, 0.3) is 0 Å². The predicted molar refractivity (Wildman–Crippen MR) is 83.9 cm³/mol. The summed E-state index contributed by atoms with van der Waals surface area (Å²) in [5.74, 6) is 0.854. The van der Waals surface area contributed by atoms with Crippen LogP contribution in [0.25, 0.3) is 0 Å². The van der Waals surface area contributed by atoms with Gasteiger partial charge in [-0.3, -0.25) is 0 Å². The maximum Gasteiger partial charge on any atom is 0.0946 e. The highest BCUT2D eigenvalue weighted by Crippen LogP contribution is 2.28. The molecule has 108 valence electrons. The van der Waals surface area contributed by atoms with E-state index in [4.69, 9.17) is 4.98 Å². The van der Waals surface area contributed by atoms with E-state index < -0.39 is 0 Å². The maximum atomic E-state index is 4.73. The first kappa shape index (κ1) is 15.0. The monoisotopic (exact) mass is 280 g/mol. The fourth-order valence-electron chi connectivity index (χ4n) is 3.20. The van der Waals surface area contributed by atoms with E-state index in [1.165, 1.54) is 54.1 Å². The van der Waals surface area contributed by atoms with Crippen molar-refractivity contribution in [1.29, 1.82) is 0 Å². The van der Waals surface area contributed by atoms with Crippen LogP contribution in [0.15, 0.2) is 0 Å². The molecule has 1 aromatic rings. The van der Waals surface area contributed by atoms with Gasteiger partial charge in [-0.25, -0.2) is 4.98 Å². The Kier molecular flexibility index (Phi) is 5.83. The topological polar surface area (TPSA) is 24.9 Å². The Bertz CT molecular complexity index is 359. The van der Waals surface area contributed by atoms with Crippen molar-refractivity contribution in [3.8, 4) is 0 Å². The Morgan fingerprint density at radius 1 is 1.21 bits per heavy atom. The average Bonchev–Trinajstić information content (AvgIpc) is 2.61. The van der Waals surface area contributed by atoms with Crippen molar-refractivity contribution in [3.63, 3.8) is 0 Å². The van der Waals surface area contributed by atoms with Crippen molar-refractivity contribution in [3.05, 3.63) is 15.6 Å². The second-order valence-electron chi connectivity index (χ2n) is 5.87. The molecular formula is C16H28N2S. The molecule has 0 amide bonds. The van der Waals surface area contributed by atoms with Gasteiger partial charge in [-0.05, 0) is 39.2 Å². The van der Waals surface area contributed by atoms with Gasteiger partial charge >= 0.3 is 0 Å². The Balaban J connectivity index is 2.01. The number of hydrogen-bond acceptors (Lipinski definition) is 3. The van der Waals surface area contributed by atoms with Crippen molar-refractivity contribution in [1.82, 2.24) is 10.3 Å². The first-order valence-corrected chi connectivity index (χ1v) is 8.68. The summed E-state index contributed by atoms with van der Waals surface area (Å²) in [4.78, 5) is 6.11. The molecule has 1 aliphatic rings. The molecule has 2 nitrogen and oxygen atoms in total. The molecule has 0 saturated heterocycles. The SMILES string of the molecule is CCNC(Cc1nc(C)c(C)s1)C1CCCCCC1. The van der Waals surface area contributed by atoms with Crippen LogP contribution >= 0.6 is 11.3 Å². The van der Waals surface area contributed by atoms with E-state index in [0.717, 1.165) is 18.9 Å². The molecule has 1 saturated carbocycles. The Hall–Kier alpha value is -0.410. The average molecular weight is 280 g/mol. The molecule has 1 N–H and O–H groups in total. The van der Waals surface area contributed by atoms with E-state index in [9.17, 15) is 0 Å². The molecule has 1 aliphatic carbocycles. The van der Waals surface area contributed by atoms with E-state index in [1.54, 1.807) is 0 Å². The fraction of sp³-hybridized carbons (Fsp3) is 0.812. The van der Waals surface area contributed by atoms with Crippen LogP contribution in [0.3, 0.4) is 0 Å². The second kappa shape index (κ2) is 7.39. The smallest absolute Gasteiger partial charge is 0.0946 e. The quantitative estimate of drug-likeness (QED) is 0.816. The van der Waals surface area contributed by atoms with Crippen molar-refractivity contribution in [2.45, 2.75) is 71.8 Å². The standard InChI is InChI=1S/C16H28N2S/c1-4-17-15(14-9-7-5-6-8-10-14)11-16-18-12(2)13(3)19-16/h14-15,17H,4-11H2,1-3H3. The first-order chi connectivity index (χ1) is 9.20. The van der Waals surface area contributed by atoms with Crippen molar-refractivity contribution < 1.29 is 0 Å². The molecule has 1 atom stereocenters. The number of rotatable bonds is 5. The summed E-state index contributed by atoms with van der Waals surface area (Å²) in [6.07, 6.45) is 9.64. The van der Waals surface area contributed by atoms with E-state index in [-0.39, 0.29) is 0 Å². The molecule has 0 radical (unpaired) electrons. The van der Waals surface area contributed by atoms with Gasteiger partial charge in [0.2, 0.25) is 0 Å². The zero-order valence-electron chi connectivity index (χ0n) is 12.7. The van der Waals surface area contributed by atoms with Crippen LogP contribution in [0, 0.1) is 19.8 Å². The maximum absolute atomic E-state index is 4.73. The van der Waals surface area contributed by atoms with E-state index >= 15 is 0 Å². The number of nitrogens with zero attached hydrogens (tertiary/aromatic N) is 1. The third-order valence-corrected chi connectivity index (χ3v) is 5.50. The van der Waals surface area contributed by atoms with Gasteiger partial charge in [-0.1, -0.05) is 32.6 Å². The van der Waals surface area contributed by atoms with E-state index in [1.807, 2.05) is 11.3 Å². The van der Waals surface area contributed by atoms with Gasteiger partial charge in [-0.15, -0.1) is 11.3 Å². The number of likely N-dealkylation sites (N-methyl/N-ethyl adjacent to an activating group) is 1. The summed E-state index contributed by atoms with van der Waals surface area (Å²) in [7, 11) is 0. The lowest BCUT2D eigenvalue weighted by molar-refractivity contribution is 0.321. The predicted octanol–water partition coefficient (Wildman–Crippen LogP) is 4.25. The first-order valence-electron chi connectivity index (χ1n) is 7.87. The van der Waals surface area contributed by atoms with E-state index in [2.05, 4.69) is 26.1 Å². The number of aryl methyl sites for hydroxylation is 2. The molecule has 19 heavy (non-hydrogen) atoms. The third kappa shape index (κ3) is 4.28. The Labute approximate surface area is 122 Å². The van der Waals surface area contributed by atoms with Gasteiger partial charge in [0.05, 0.1) is 10.7 Å². The van der Waals surface area contributed by atoms with Crippen molar-refractivity contribution in [2.75, 3.05) is 6.54 Å². The van der Waals surface area contributed by atoms with Crippen molar-refractivity contribution >= 4 is 11.3 Å². The van der Waals surface area contributed by atoms with Gasteiger partial charge in [0, 0.05) is 17.3 Å². The highest BCUT2D eigenvalue weighted by Gasteiger charge is 2.23. The van der Waals surface area contributed by atoms with Crippen LogP contribution in [0.4, 0.5) is 0 Å². The molecule has 0 bridgehead atoms. The molecule has 0 spiro atoms. The van der Waals surface area contributed by atoms with Crippen LogP contribution in [-0.4, -0.2) is 17.6 Å². The third-order valence-electron chi connectivity index (χ3n) is 4.40. The number of nitrogens with one attached hydrogen (secondary N) is 1. The largest absolute Gasteiger partial charge is 0.314 e. The molecular weight excluding hydrogens is 252 g/mol. The normalized spacial score (nSPS) is 19.3. The number of hydrogen-bond donors (Lipinski definition) is 1. The summed E-state index contributed by atoms with van der Waals surface area (Å²) in [6, 6.07) is 0.632. The molecule has 1 unspecified atom stereocenters. The summed E-state index contributed by atoms with van der Waals surface area (Å²) >= 11 is 1.89. The van der Waals surface area contributed by atoms with Crippen molar-refractivity contribution in [2.24, 2.45) is 5.92 Å². The van der Waals surface area contributed by atoms with Crippen LogP contribution in [0.5, 0.6) is 0 Å². The molecule has 1 heterocycles. The molecule has 1 fully saturated rings. The molecule has 2 rings (SSSR count). The summed E-state index contributed by atoms with van der Waals surface area (Å²) in [5, 5.41) is 5.05. The van der Waals surface area contributed by atoms with Crippen LogP contribution in [0.2, 0.25) is 0 Å². The number of thiazole rings is 1. The lowest BCUT2D eigenvalue weighted by atomic mass is 9.90. The molecule has 0 aliphatic heterocycles. The highest BCUT2D eigenvalue weighted by molar-refractivity contribution is 7.11. The van der Waals surface area contributed by atoms with Crippen LogP contribution in [-0.2, 0) is 6.42 Å². The highest BCUT2D eigenvalue weighted by atomic mass is 32.1. The fourth-order valence-corrected chi connectivity index (χ4v) is 4.19. The van der Waals surface area contributed by atoms with Gasteiger partial charge < -0.3 is 5.32 Å². The van der Waals surface area contributed by atoms with Gasteiger partial charge in [0.15, 0.2) is 0 Å². The zero-order chi connectivity index (χ0) is 13.7. The van der Waals surface area contributed by atoms with Gasteiger partial charge in [0.1, 0.15) is 0 Å². The lowest BCUT2D eigenvalue weighted by Gasteiger charge is -2.26. The second-order valence-corrected chi connectivity index (χ2v) is 7.16. The summed E-state index contributed by atoms with van der Waals surface area (Å²) in [5.41, 5.74) is 1.22. The minimum absolute atomic E-state index is 0.632. The minimum atomic E-state index is 0.632. The summed E-state index contributed by atoms with van der Waals surface area (Å²) < 4.78 is 0. The zero-order valence-corrected chi connectivity index (χ0v) is 13.5. The Morgan fingerprint density at radius 3 is 2.42 bits per heavy atom. The molecule has 0 aromatic carbocycles. The number of aromatic nitrogens is 1. The summed E-state index contributed by atoms with van der Waals surface area (Å²) in [6.45, 7) is 7.61. The Morgan fingerprint density at radius 2 is 1.89 bits per heavy atom. The molecule has 1 aromatic heterocycles. The van der Waals surface area contributed by atoms with Crippen LogP contribution < -0.4 is 5.32 Å². The van der Waals surface area contributed by atoms with Gasteiger partial charge in [-0.2, -0.15) is 0 Å². The lowest BCUT2D eigenvalue weighted by Crippen LogP contribution is -2.37. The molecule has 3 heteroatoms.